The fraction of sp³-hybridized carbons (Fsp3) is 0.538. The second-order valence-corrected chi connectivity index (χ2v) is 14.3. The zero-order chi connectivity index (χ0) is 40.4. The number of carboxylic acid groups (broad SMARTS) is 1. The maximum Gasteiger partial charge on any atom is 0.490 e. The highest BCUT2D eigenvalue weighted by atomic mass is 19.4. The van der Waals surface area contributed by atoms with Gasteiger partial charge >= 0.3 is 12.1 Å². The molecular weight excluding hydrogens is 717 g/mol. The van der Waals surface area contributed by atoms with Crippen molar-refractivity contribution in [2.45, 2.75) is 108 Å². The first-order chi connectivity index (χ1) is 26.1. The summed E-state index contributed by atoms with van der Waals surface area (Å²) in [4.78, 5) is 50.8. The van der Waals surface area contributed by atoms with Crippen molar-refractivity contribution < 1.29 is 37.5 Å². The van der Waals surface area contributed by atoms with Crippen molar-refractivity contribution >= 4 is 35.5 Å². The van der Waals surface area contributed by atoms with Crippen LogP contribution in [0.4, 0.5) is 13.2 Å². The molecule has 3 atom stereocenters. The van der Waals surface area contributed by atoms with Gasteiger partial charge in [0.05, 0.1) is 0 Å². The number of benzene rings is 2. The number of nitrogen functional groups attached to an aromatic ring is 1. The predicted octanol–water partition coefficient (Wildman–Crippen LogP) is 4.47. The van der Waals surface area contributed by atoms with Crippen LogP contribution in [0.5, 0.6) is 0 Å². The molecule has 11 N–H and O–H groups in total. The third kappa shape index (κ3) is 15.6. The number of aliphatic carboxylic acids is 1. The summed E-state index contributed by atoms with van der Waals surface area (Å²) in [6.45, 7) is 0.726. The van der Waals surface area contributed by atoms with E-state index >= 15 is 0 Å². The third-order valence-electron chi connectivity index (χ3n) is 10.1. The van der Waals surface area contributed by atoms with Gasteiger partial charge in [0.25, 0.3) is 0 Å². The van der Waals surface area contributed by atoms with Gasteiger partial charge in [-0.3, -0.25) is 25.2 Å². The van der Waals surface area contributed by atoms with E-state index in [0.29, 0.717) is 37.9 Å². The molecule has 0 heterocycles. The summed E-state index contributed by atoms with van der Waals surface area (Å²) in [5.41, 5.74) is 13.7. The highest BCUT2D eigenvalue weighted by molar-refractivity contribution is 5.95. The van der Waals surface area contributed by atoms with Crippen molar-refractivity contribution in [3.63, 3.8) is 0 Å². The molecular formula is C39H55F3N8O5. The number of carboxylic acids is 1. The first-order valence-electron chi connectivity index (χ1n) is 18.9. The van der Waals surface area contributed by atoms with Gasteiger partial charge in [-0.05, 0) is 67.9 Å². The third-order valence-corrected chi connectivity index (χ3v) is 10.1. The van der Waals surface area contributed by atoms with Crippen LogP contribution in [0.3, 0.4) is 0 Å². The fourth-order valence-corrected chi connectivity index (χ4v) is 7.18. The Labute approximate surface area is 320 Å². The van der Waals surface area contributed by atoms with Crippen LogP contribution in [0.1, 0.15) is 93.7 Å². The van der Waals surface area contributed by atoms with Crippen molar-refractivity contribution in [1.29, 1.82) is 10.8 Å². The van der Waals surface area contributed by atoms with Gasteiger partial charge in [0.15, 0.2) is 5.96 Å². The molecule has 0 radical (unpaired) electrons. The van der Waals surface area contributed by atoms with E-state index in [0.717, 1.165) is 68.9 Å². The van der Waals surface area contributed by atoms with E-state index in [1.807, 2.05) is 54.6 Å². The first-order valence-corrected chi connectivity index (χ1v) is 18.9. The maximum atomic E-state index is 14.3. The monoisotopic (exact) mass is 772 g/mol. The average Bonchev–Trinajstić information content (AvgIpc) is 3.17. The number of alkyl halides is 3. The van der Waals surface area contributed by atoms with Gasteiger partial charge in [-0.1, -0.05) is 93.1 Å². The Balaban J connectivity index is 0.00000106. The van der Waals surface area contributed by atoms with E-state index in [1.165, 1.54) is 6.42 Å². The summed E-state index contributed by atoms with van der Waals surface area (Å²) in [6.07, 6.45) is 6.38. The summed E-state index contributed by atoms with van der Waals surface area (Å²) >= 11 is 0. The van der Waals surface area contributed by atoms with Gasteiger partial charge in [-0.15, -0.1) is 0 Å². The van der Waals surface area contributed by atoms with Crippen LogP contribution in [-0.4, -0.2) is 65.4 Å². The lowest BCUT2D eigenvalue weighted by Crippen LogP contribution is -2.57. The molecule has 2 aliphatic carbocycles. The topological polar surface area (TPSA) is 236 Å². The van der Waals surface area contributed by atoms with Crippen molar-refractivity contribution in [3.05, 3.63) is 71.3 Å². The summed E-state index contributed by atoms with van der Waals surface area (Å²) in [6, 6.07) is 15.5. The molecule has 2 aliphatic rings. The van der Waals surface area contributed by atoms with E-state index in [1.54, 1.807) is 0 Å². The summed E-state index contributed by atoms with van der Waals surface area (Å²) in [5.74, 6) is -3.73. The predicted molar refractivity (Wildman–Crippen MR) is 203 cm³/mol. The minimum absolute atomic E-state index is 0.00614. The van der Waals surface area contributed by atoms with Crippen LogP contribution in [0, 0.1) is 28.6 Å². The molecule has 2 aromatic rings. The van der Waals surface area contributed by atoms with Crippen LogP contribution in [0.15, 0.2) is 54.6 Å². The van der Waals surface area contributed by atoms with Crippen LogP contribution >= 0.6 is 0 Å². The molecule has 55 heavy (non-hydrogen) atoms. The molecule has 2 aromatic carbocycles. The highest BCUT2D eigenvalue weighted by Gasteiger charge is 2.39. The van der Waals surface area contributed by atoms with Crippen molar-refractivity contribution in [3.8, 4) is 0 Å². The molecule has 0 aromatic heterocycles. The van der Waals surface area contributed by atoms with Crippen LogP contribution < -0.4 is 32.7 Å². The van der Waals surface area contributed by atoms with Crippen LogP contribution in [-0.2, 0) is 32.1 Å². The second kappa shape index (κ2) is 22.3. The van der Waals surface area contributed by atoms with Gasteiger partial charge in [-0.2, -0.15) is 13.2 Å². The Morgan fingerprint density at radius 3 is 1.84 bits per heavy atom. The number of carbonyl (C=O) groups is 4. The average molecular weight is 773 g/mol. The molecule has 13 nitrogen and oxygen atoms in total. The van der Waals surface area contributed by atoms with Crippen molar-refractivity contribution in [1.82, 2.24) is 21.3 Å². The molecule has 2 saturated carbocycles. The van der Waals surface area contributed by atoms with E-state index in [2.05, 4.69) is 21.3 Å². The molecule has 4 rings (SSSR count). The lowest BCUT2D eigenvalue weighted by molar-refractivity contribution is -0.192. The number of carbonyl (C=O) groups excluding carboxylic acids is 3. The van der Waals surface area contributed by atoms with Gasteiger partial charge < -0.3 is 37.8 Å². The van der Waals surface area contributed by atoms with Gasteiger partial charge in [0.1, 0.15) is 17.9 Å². The van der Waals surface area contributed by atoms with E-state index in [4.69, 9.17) is 32.2 Å². The lowest BCUT2D eigenvalue weighted by Gasteiger charge is -2.34. The normalized spacial score (nSPS) is 16.6. The first kappa shape index (κ1) is 44.2. The zero-order valence-corrected chi connectivity index (χ0v) is 31.1. The number of nitrogens with two attached hydrogens (primary N) is 2. The van der Waals surface area contributed by atoms with Gasteiger partial charge in [0, 0.05) is 24.6 Å². The number of rotatable bonds is 16. The number of amides is 3. The van der Waals surface area contributed by atoms with Crippen molar-refractivity contribution in [2.75, 3.05) is 6.54 Å². The minimum Gasteiger partial charge on any atom is -0.475 e. The van der Waals surface area contributed by atoms with Crippen molar-refractivity contribution in [2.24, 2.45) is 29.2 Å². The molecule has 0 spiro atoms. The van der Waals surface area contributed by atoms with Crippen LogP contribution in [0.25, 0.3) is 0 Å². The number of amidine groups is 1. The lowest BCUT2D eigenvalue weighted by atomic mass is 9.76. The molecule has 0 aliphatic heterocycles. The second-order valence-electron chi connectivity index (χ2n) is 14.3. The maximum absolute atomic E-state index is 14.3. The number of hydrogen-bond acceptors (Lipinski definition) is 6. The number of guanidine groups is 1. The Morgan fingerprint density at radius 1 is 0.745 bits per heavy atom. The Morgan fingerprint density at radius 2 is 1.31 bits per heavy atom. The smallest absolute Gasteiger partial charge is 0.475 e. The molecule has 0 saturated heterocycles. The Bertz CT molecular complexity index is 1560. The molecule has 302 valence electrons. The standard InChI is InChI=1S/C37H54N8O3.C2HF3O2/c38-33(39)29-20-18-25(19-21-29)23-30(27-13-6-2-7-14-27)34(46)45-32(28-15-8-3-9-16-28)36(48)44-31(17-10-22-42-37(40)41)35(47)43-24-26-11-4-1-5-12-26;3-2(4,5)1(6)7/h1,4-5,11-12,18-21,27-28,30-32H,2-3,6-10,13-17,22-24H2,(H3,38,39)(H,43,47)(H,44,48)(H,45,46)(H4,40,41,42);(H,6,7)/t30?,31-,32?;/m0./s1. The van der Waals surface area contributed by atoms with Crippen LogP contribution in [0.2, 0.25) is 0 Å². The molecule has 16 heteroatoms. The van der Waals surface area contributed by atoms with Gasteiger partial charge in [0.2, 0.25) is 17.7 Å². The molecule has 2 fully saturated rings. The number of halogens is 3. The Kier molecular flexibility index (Phi) is 17.9. The van der Waals surface area contributed by atoms with E-state index < -0.39 is 24.2 Å². The largest absolute Gasteiger partial charge is 0.490 e. The minimum atomic E-state index is -5.08. The van der Waals surface area contributed by atoms with E-state index in [-0.39, 0.29) is 47.3 Å². The SMILES string of the molecule is N=C(N)NCCC[C@H](NC(=O)C(NC(=O)C(Cc1ccc(C(=N)N)cc1)C1CCCCC1)C1CCCCC1)C(=O)NCc1ccccc1.O=C(O)C(F)(F)F. The Hall–Kier alpha value is -5.15. The number of hydrogen-bond donors (Lipinski definition) is 9. The van der Waals surface area contributed by atoms with Gasteiger partial charge in [-0.25, -0.2) is 4.79 Å². The zero-order valence-electron chi connectivity index (χ0n) is 31.1. The summed E-state index contributed by atoms with van der Waals surface area (Å²) in [7, 11) is 0. The number of nitrogens with one attached hydrogen (secondary N) is 6. The van der Waals surface area contributed by atoms with E-state index in [9.17, 15) is 27.6 Å². The molecule has 3 amide bonds. The molecule has 0 bridgehead atoms. The summed E-state index contributed by atoms with van der Waals surface area (Å²) < 4.78 is 31.7. The fourth-order valence-electron chi connectivity index (χ4n) is 7.18. The molecule has 2 unspecified atom stereocenters. The summed E-state index contributed by atoms with van der Waals surface area (Å²) in [5, 5.41) is 34.3. The quantitative estimate of drug-likeness (QED) is 0.0669. The highest BCUT2D eigenvalue weighted by Crippen LogP contribution is 2.33.